The van der Waals surface area contributed by atoms with Gasteiger partial charge in [-0.1, -0.05) is 13.0 Å². The molecule has 4 aromatic rings. The molecule has 0 radical (unpaired) electrons. The molecule has 5 rings (SSSR count). The van der Waals surface area contributed by atoms with E-state index in [1.807, 2.05) is 18.5 Å². The first kappa shape index (κ1) is 20.4. The first-order chi connectivity index (χ1) is 15.6. The maximum Gasteiger partial charge on any atom is 0.269 e. The summed E-state index contributed by atoms with van der Waals surface area (Å²) in [4.78, 5) is 24.5. The summed E-state index contributed by atoms with van der Waals surface area (Å²) in [6.07, 6.45) is 8.66. The molecule has 8 heteroatoms. The Balaban J connectivity index is 1.47. The summed E-state index contributed by atoms with van der Waals surface area (Å²) in [5.74, 6) is 0.455. The van der Waals surface area contributed by atoms with Crippen molar-refractivity contribution in [3.8, 4) is 22.6 Å². The van der Waals surface area contributed by atoms with Crippen molar-refractivity contribution in [1.29, 1.82) is 0 Å². The van der Waals surface area contributed by atoms with Crippen LogP contribution in [0.15, 0.2) is 36.8 Å². The van der Waals surface area contributed by atoms with Gasteiger partial charge in [0.15, 0.2) is 5.82 Å². The highest BCUT2D eigenvalue weighted by molar-refractivity contribution is 5.96. The topological polar surface area (TPSA) is 111 Å². The first-order valence-electron chi connectivity index (χ1n) is 11.1. The van der Waals surface area contributed by atoms with Crippen LogP contribution in [0.1, 0.15) is 47.8 Å². The number of amides is 1. The number of H-pyrrole nitrogens is 2. The van der Waals surface area contributed by atoms with Gasteiger partial charge in [0, 0.05) is 35.9 Å². The van der Waals surface area contributed by atoms with Crippen LogP contribution in [-0.2, 0) is 6.54 Å². The SMILES string of the molecule is CCNCc1cncc(-c2ccc3[nH]nc(-c4ncc(C(=O)NC5CCC5)[nH]4)c3c2)c1C. The Bertz CT molecular complexity index is 1270. The zero-order valence-electron chi connectivity index (χ0n) is 18.3. The molecule has 4 N–H and O–H groups in total. The number of rotatable bonds is 7. The van der Waals surface area contributed by atoms with E-state index in [-0.39, 0.29) is 11.9 Å². The van der Waals surface area contributed by atoms with E-state index in [4.69, 9.17) is 0 Å². The monoisotopic (exact) mass is 429 g/mol. The average Bonchev–Trinajstić information content (AvgIpc) is 3.42. The lowest BCUT2D eigenvalue weighted by molar-refractivity contribution is 0.0912. The highest BCUT2D eigenvalue weighted by atomic mass is 16.2. The number of aromatic amines is 2. The summed E-state index contributed by atoms with van der Waals surface area (Å²) < 4.78 is 0. The van der Waals surface area contributed by atoms with E-state index in [2.05, 4.69) is 61.8 Å². The van der Waals surface area contributed by atoms with Gasteiger partial charge in [0.1, 0.15) is 11.4 Å². The molecule has 0 bridgehead atoms. The fourth-order valence-electron chi connectivity index (χ4n) is 4.03. The highest BCUT2D eigenvalue weighted by Gasteiger charge is 2.22. The van der Waals surface area contributed by atoms with Crippen LogP contribution >= 0.6 is 0 Å². The van der Waals surface area contributed by atoms with Gasteiger partial charge in [-0.2, -0.15) is 5.10 Å². The Hall–Kier alpha value is -3.52. The van der Waals surface area contributed by atoms with Crippen molar-refractivity contribution >= 4 is 16.8 Å². The third kappa shape index (κ3) is 3.78. The summed E-state index contributed by atoms with van der Waals surface area (Å²) in [7, 11) is 0. The average molecular weight is 430 g/mol. The number of benzene rings is 1. The molecule has 1 aliphatic carbocycles. The Kier molecular flexibility index (Phi) is 5.45. The number of carbonyl (C=O) groups excluding carboxylic acids is 1. The number of pyridine rings is 1. The van der Waals surface area contributed by atoms with Crippen LogP contribution in [-0.4, -0.2) is 43.6 Å². The summed E-state index contributed by atoms with van der Waals surface area (Å²) in [6, 6.07) is 6.48. The minimum Gasteiger partial charge on any atom is -0.348 e. The molecule has 3 heterocycles. The quantitative estimate of drug-likeness (QED) is 0.358. The smallest absolute Gasteiger partial charge is 0.269 e. The van der Waals surface area contributed by atoms with Crippen LogP contribution in [0.5, 0.6) is 0 Å². The van der Waals surface area contributed by atoms with Crippen LogP contribution in [0, 0.1) is 6.92 Å². The van der Waals surface area contributed by atoms with Crippen molar-refractivity contribution in [2.45, 2.75) is 45.7 Å². The molecule has 0 saturated heterocycles. The van der Waals surface area contributed by atoms with Crippen LogP contribution in [0.2, 0.25) is 0 Å². The number of nitrogens with zero attached hydrogens (tertiary/aromatic N) is 3. The Labute approximate surface area is 186 Å². The van der Waals surface area contributed by atoms with Gasteiger partial charge >= 0.3 is 0 Å². The first-order valence-corrected chi connectivity index (χ1v) is 11.1. The Morgan fingerprint density at radius 1 is 1.22 bits per heavy atom. The fourth-order valence-corrected chi connectivity index (χ4v) is 4.03. The predicted octanol–water partition coefficient (Wildman–Crippen LogP) is 3.72. The number of imidazole rings is 1. The number of hydrogen-bond donors (Lipinski definition) is 4. The third-order valence-corrected chi connectivity index (χ3v) is 6.24. The summed E-state index contributed by atoms with van der Waals surface area (Å²) in [5.41, 5.74) is 6.61. The summed E-state index contributed by atoms with van der Waals surface area (Å²) >= 11 is 0. The molecule has 32 heavy (non-hydrogen) atoms. The molecule has 1 fully saturated rings. The summed E-state index contributed by atoms with van der Waals surface area (Å²) in [6.45, 7) is 5.93. The van der Waals surface area contributed by atoms with Crippen LogP contribution in [0.25, 0.3) is 33.5 Å². The Morgan fingerprint density at radius 3 is 2.88 bits per heavy atom. The van der Waals surface area contributed by atoms with E-state index < -0.39 is 0 Å². The molecular weight excluding hydrogens is 402 g/mol. The zero-order valence-corrected chi connectivity index (χ0v) is 18.3. The minimum atomic E-state index is -0.117. The summed E-state index contributed by atoms with van der Waals surface area (Å²) in [5, 5.41) is 14.9. The lowest BCUT2D eigenvalue weighted by atomic mass is 9.93. The molecule has 0 spiro atoms. The molecule has 8 nitrogen and oxygen atoms in total. The molecule has 0 aliphatic heterocycles. The largest absolute Gasteiger partial charge is 0.348 e. The number of carbonyl (C=O) groups is 1. The molecule has 1 aliphatic rings. The second-order valence-electron chi connectivity index (χ2n) is 8.33. The zero-order chi connectivity index (χ0) is 22.1. The predicted molar refractivity (Wildman–Crippen MR) is 124 cm³/mol. The fraction of sp³-hybridized carbons (Fsp3) is 0.333. The van der Waals surface area contributed by atoms with Gasteiger partial charge in [0.2, 0.25) is 0 Å². The molecule has 0 atom stereocenters. The highest BCUT2D eigenvalue weighted by Crippen LogP contribution is 2.31. The van der Waals surface area contributed by atoms with Crippen LogP contribution in [0.3, 0.4) is 0 Å². The normalized spacial score (nSPS) is 13.9. The van der Waals surface area contributed by atoms with Gasteiger partial charge in [0.05, 0.1) is 11.7 Å². The van der Waals surface area contributed by atoms with E-state index in [0.717, 1.165) is 48.0 Å². The van der Waals surface area contributed by atoms with Gasteiger partial charge in [-0.05, 0) is 61.6 Å². The molecule has 3 aromatic heterocycles. The molecule has 1 amide bonds. The van der Waals surface area contributed by atoms with Gasteiger partial charge < -0.3 is 15.6 Å². The van der Waals surface area contributed by atoms with Crippen molar-refractivity contribution in [2.75, 3.05) is 6.54 Å². The van der Waals surface area contributed by atoms with Crippen LogP contribution in [0.4, 0.5) is 0 Å². The van der Waals surface area contributed by atoms with Gasteiger partial charge in [-0.25, -0.2) is 4.98 Å². The number of fused-ring (bicyclic) bond motifs is 1. The standard InChI is InChI=1S/C24H27N7O/c1-3-25-10-16-11-26-12-19(14(16)2)15-7-8-20-18(9-15)22(31-30-20)23-27-13-21(29-23)24(32)28-17-5-4-6-17/h7-9,11-13,17,25H,3-6,10H2,1-2H3,(H,27,29)(H,28,32)(H,30,31). The van der Waals surface area contributed by atoms with E-state index in [1.54, 1.807) is 6.20 Å². The number of aromatic nitrogens is 5. The number of nitrogens with one attached hydrogen (secondary N) is 4. The molecular formula is C24H27N7O. The maximum atomic E-state index is 12.5. The van der Waals surface area contributed by atoms with Crippen molar-refractivity contribution in [3.63, 3.8) is 0 Å². The van der Waals surface area contributed by atoms with Gasteiger partial charge in [-0.3, -0.25) is 14.9 Å². The van der Waals surface area contributed by atoms with E-state index >= 15 is 0 Å². The van der Waals surface area contributed by atoms with E-state index in [1.165, 1.54) is 17.5 Å². The van der Waals surface area contributed by atoms with Crippen LogP contribution < -0.4 is 10.6 Å². The molecule has 1 aromatic carbocycles. The van der Waals surface area contributed by atoms with Gasteiger partial charge in [-0.15, -0.1) is 0 Å². The molecule has 164 valence electrons. The second-order valence-corrected chi connectivity index (χ2v) is 8.33. The van der Waals surface area contributed by atoms with E-state index in [0.29, 0.717) is 17.2 Å². The maximum absolute atomic E-state index is 12.5. The number of hydrogen-bond acceptors (Lipinski definition) is 5. The lowest BCUT2D eigenvalue weighted by Crippen LogP contribution is -2.39. The van der Waals surface area contributed by atoms with Crippen molar-refractivity contribution in [1.82, 2.24) is 35.8 Å². The lowest BCUT2D eigenvalue weighted by Gasteiger charge is -2.25. The van der Waals surface area contributed by atoms with Gasteiger partial charge in [0.25, 0.3) is 5.91 Å². The van der Waals surface area contributed by atoms with Crippen molar-refractivity contribution in [2.24, 2.45) is 0 Å². The second kappa shape index (κ2) is 8.55. The minimum absolute atomic E-state index is 0.117. The molecule has 1 saturated carbocycles. The van der Waals surface area contributed by atoms with E-state index in [9.17, 15) is 4.79 Å². The third-order valence-electron chi connectivity index (χ3n) is 6.24. The van der Waals surface area contributed by atoms with Crippen molar-refractivity contribution < 1.29 is 4.79 Å². The van der Waals surface area contributed by atoms with Crippen molar-refractivity contribution in [3.05, 3.63) is 53.6 Å². The Morgan fingerprint density at radius 2 is 2.09 bits per heavy atom. The molecule has 0 unspecified atom stereocenters.